The van der Waals surface area contributed by atoms with Crippen molar-refractivity contribution in [2.24, 2.45) is 0 Å². The van der Waals surface area contributed by atoms with Crippen molar-refractivity contribution in [3.8, 4) is 33.4 Å². The van der Waals surface area contributed by atoms with E-state index in [1.54, 1.807) is 0 Å². The molecule has 0 atom stereocenters. The molecule has 0 radical (unpaired) electrons. The molecule has 0 aliphatic heterocycles. The molecule has 3 nitrogen and oxygen atoms in total. The lowest BCUT2D eigenvalue weighted by Gasteiger charge is -2.26. The van der Waals surface area contributed by atoms with Crippen LogP contribution < -0.4 is 4.90 Å². The zero-order valence-corrected chi connectivity index (χ0v) is 27.7. The molecule has 0 fully saturated rings. The number of hydrogen-bond donors (Lipinski definition) is 0. The van der Waals surface area contributed by atoms with Crippen molar-refractivity contribution in [3.05, 3.63) is 188 Å². The summed E-state index contributed by atoms with van der Waals surface area (Å²) in [7, 11) is 0. The van der Waals surface area contributed by atoms with E-state index in [0.29, 0.717) is 0 Å². The summed E-state index contributed by atoms with van der Waals surface area (Å²) in [6, 6.07) is 65.9. The number of para-hydroxylation sites is 4. The second-order valence-corrected chi connectivity index (χ2v) is 12.9. The van der Waals surface area contributed by atoms with Gasteiger partial charge in [-0.2, -0.15) is 0 Å². The van der Waals surface area contributed by atoms with Crippen molar-refractivity contribution >= 4 is 60.9 Å². The molecule has 0 aliphatic carbocycles. The molecular weight excluding hydrogens is 623 g/mol. The first-order valence-corrected chi connectivity index (χ1v) is 17.3. The Morgan fingerprint density at radius 2 is 0.745 bits per heavy atom. The minimum atomic E-state index is 0.822. The van der Waals surface area contributed by atoms with E-state index in [1.165, 1.54) is 16.7 Å². The molecule has 0 saturated heterocycles. The second kappa shape index (κ2) is 11.9. The van der Waals surface area contributed by atoms with Crippen molar-refractivity contribution in [1.82, 2.24) is 0 Å². The standard InChI is InChI=1S/C48H31NO2/c1-3-14-32(15-4-1)36-18-7-8-19-37(36)34-28-30-35(31-29-34)49(43-25-12-23-40-39-20-9-10-27-45(39)50-47(40)43)44-26-13-24-42-41-22-11-21-38(46(41)51-48(42)44)33-16-5-2-6-17-33/h1-31H. The quantitative estimate of drug-likeness (QED) is 0.179. The molecule has 0 N–H and O–H groups in total. The molecule has 240 valence electrons. The fourth-order valence-corrected chi connectivity index (χ4v) is 7.54. The van der Waals surface area contributed by atoms with Gasteiger partial charge in [-0.3, -0.25) is 0 Å². The Balaban J connectivity index is 1.20. The van der Waals surface area contributed by atoms with Crippen LogP contribution in [0.15, 0.2) is 197 Å². The molecule has 2 aromatic heterocycles. The monoisotopic (exact) mass is 653 g/mol. The second-order valence-electron chi connectivity index (χ2n) is 12.9. The zero-order valence-electron chi connectivity index (χ0n) is 27.7. The first kappa shape index (κ1) is 29.1. The first-order valence-electron chi connectivity index (χ1n) is 17.3. The van der Waals surface area contributed by atoms with Crippen LogP contribution in [0, 0.1) is 0 Å². The molecule has 0 bridgehead atoms. The number of nitrogens with zero attached hydrogens (tertiary/aromatic N) is 1. The van der Waals surface area contributed by atoms with E-state index in [1.807, 2.05) is 18.2 Å². The van der Waals surface area contributed by atoms with Crippen molar-refractivity contribution in [2.45, 2.75) is 0 Å². The number of anilines is 3. The lowest BCUT2D eigenvalue weighted by Crippen LogP contribution is -2.10. The Hall–Kier alpha value is -6.84. The maximum Gasteiger partial charge on any atom is 0.159 e. The molecule has 2 heterocycles. The van der Waals surface area contributed by atoms with Gasteiger partial charge in [-0.05, 0) is 58.1 Å². The molecule has 8 aromatic carbocycles. The number of furan rings is 2. The topological polar surface area (TPSA) is 29.5 Å². The van der Waals surface area contributed by atoms with E-state index >= 15 is 0 Å². The summed E-state index contributed by atoms with van der Waals surface area (Å²) in [5.74, 6) is 0. The molecule has 51 heavy (non-hydrogen) atoms. The molecule has 0 saturated carbocycles. The number of hydrogen-bond acceptors (Lipinski definition) is 3. The van der Waals surface area contributed by atoms with Gasteiger partial charge in [0.2, 0.25) is 0 Å². The lowest BCUT2D eigenvalue weighted by atomic mass is 9.94. The normalized spacial score (nSPS) is 11.5. The highest BCUT2D eigenvalue weighted by atomic mass is 16.3. The van der Waals surface area contributed by atoms with Gasteiger partial charge in [-0.1, -0.05) is 158 Å². The summed E-state index contributed by atoms with van der Waals surface area (Å²) in [5, 5.41) is 4.32. The van der Waals surface area contributed by atoms with Gasteiger partial charge in [0.05, 0.1) is 11.4 Å². The van der Waals surface area contributed by atoms with E-state index in [0.717, 1.165) is 77.6 Å². The van der Waals surface area contributed by atoms with Gasteiger partial charge in [0, 0.05) is 32.8 Å². The van der Waals surface area contributed by atoms with Crippen molar-refractivity contribution in [2.75, 3.05) is 4.90 Å². The molecule has 10 rings (SSSR count). The van der Waals surface area contributed by atoms with E-state index in [-0.39, 0.29) is 0 Å². The summed E-state index contributed by atoms with van der Waals surface area (Å²) < 4.78 is 13.6. The maximum atomic E-state index is 6.95. The number of benzene rings is 8. The minimum absolute atomic E-state index is 0.822. The van der Waals surface area contributed by atoms with E-state index < -0.39 is 0 Å². The van der Waals surface area contributed by atoms with E-state index in [9.17, 15) is 0 Å². The SMILES string of the molecule is c1ccc(-c2ccccc2-c2ccc(N(c3cccc4c3oc3ccccc34)c3cccc4c3oc3c(-c5ccccc5)cccc34)cc2)cc1. The predicted octanol–water partition coefficient (Wildman–Crippen LogP) is 14.0. The summed E-state index contributed by atoms with van der Waals surface area (Å²) in [4.78, 5) is 2.28. The Morgan fingerprint density at radius 3 is 1.41 bits per heavy atom. The van der Waals surface area contributed by atoms with Crippen LogP contribution in [0.25, 0.3) is 77.3 Å². The van der Waals surface area contributed by atoms with Crippen LogP contribution in [0.1, 0.15) is 0 Å². The van der Waals surface area contributed by atoms with E-state index in [2.05, 4.69) is 175 Å². The highest BCUT2D eigenvalue weighted by Crippen LogP contribution is 2.47. The Bertz CT molecular complexity index is 2850. The Morgan fingerprint density at radius 1 is 0.294 bits per heavy atom. The van der Waals surface area contributed by atoms with E-state index in [4.69, 9.17) is 8.83 Å². The van der Waals surface area contributed by atoms with Gasteiger partial charge >= 0.3 is 0 Å². The smallest absolute Gasteiger partial charge is 0.159 e. The average molecular weight is 654 g/mol. The van der Waals surface area contributed by atoms with Gasteiger partial charge in [0.15, 0.2) is 11.2 Å². The fourth-order valence-electron chi connectivity index (χ4n) is 7.54. The summed E-state index contributed by atoms with van der Waals surface area (Å²) in [5.41, 5.74) is 13.2. The fraction of sp³-hybridized carbons (Fsp3) is 0. The third kappa shape index (κ3) is 4.82. The highest BCUT2D eigenvalue weighted by molar-refractivity contribution is 6.15. The van der Waals surface area contributed by atoms with Crippen molar-refractivity contribution < 1.29 is 8.83 Å². The average Bonchev–Trinajstić information content (AvgIpc) is 3.79. The Kier molecular flexibility index (Phi) is 6.81. The molecule has 0 unspecified atom stereocenters. The largest absolute Gasteiger partial charge is 0.454 e. The van der Waals surface area contributed by atoms with Gasteiger partial charge in [0.1, 0.15) is 11.2 Å². The zero-order chi connectivity index (χ0) is 33.7. The van der Waals surface area contributed by atoms with Gasteiger partial charge < -0.3 is 13.7 Å². The Labute approximate surface area is 295 Å². The van der Waals surface area contributed by atoms with Gasteiger partial charge in [0.25, 0.3) is 0 Å². The third-order valence-electron chi connectivity index (χ3n) is 9.90. The van der Waals surface area contributed by atoms with Gasteiger partial charge in [-0.15, -0.1) is 0 Å². The van der Waals surface area contributed by atoms with Crippen LogP contribution in [0.5, 0.6) is 0 Å². The van der Waals surface area contributed by atoms with Crippen LogP contribution in [0.3, 0.4) is 0 Å². The lowest BCUT2D eigenvalue weighted by molar-refractivity contribution is 0.666. The molecule has 10 aromatic rings. The van der Waals surface area contributed by atoms with Crippen LogP contribution >= 0.6 is 0 Å². The molecule has 0 spiro atoms. The molecule has 3 heteroatoms. The molecule has 0 aliphatic rings. The summed E-state index contributed by atoms with van der Waals surface area (Å²) in [6.07, 6.45) is 0. The van der Waals surface area contributed by atoms with Crippen molar-refractivity contribution in [1.29, 1.82) is 0 Å². The minimum Gasteiger partial charge on any atom is -0.454 e. The van der Waals surface area contributed by atoms with Crippen LogP contribution in [-0.4, -0.2) is 0 Å². The summed E-state index contributed by atoms with van der Waals surface area (Å²) in [6.45, 7) is 0. The molecule has 0 amide bonds. The van der Waals surface area contributed by atoms with Gasteiger partial charge in [-0.25, -0.2) is 0 Å². The van der Waals surface area contributed by atoms with Crippen LogP contribution in [0.2, 0.25) is 0 Å². The highest BCUT2D eigenvalue weighted by Gasteiger charge is 2.24. The number of rotatable bonds is 6. The number of fused-ring (bicyclic) bond motifs is 6. The first-order chi connectivity index (χ1) is 25.3. The molecular formula is C48H31NO2. The maximum absolute atomic E-state index is 6.95. The van der Waals surface area contributed by atoms with Crippen LogP contribution in [-0.2, 0) is 0 Å². The third-order valence-corrected chi connectivity index (χ3v) is 9.90. The predicted molar refractivity (Wildman–Crippen MR) is 212 cm³/mol. The van der Waals surface area contributed by atoms with Crippen LogP contribution in [0.4, 0.5) is 17.1 Å². The summed E-state index contributed by atoms with van der Waals surface area (Å²) >= 11 is 0. The van der Waals surface area contributed by atoms with Crippen molar-refractivity contribution in [3.63, 3.8) is 0 Å².